The van der Waals surface area contributed by atoms with Crippen molar-refractivity contribution in [2.75, 3.05) is 31.1 Å². The number of pyridine rings is 1. The normalized spacial score (nSPS) is 14.8. The Kier molecular flexibility index (Phi) is 4.62. The number of carbonyl (C=O) groups excluding carboxylic acids is 1. The minimum atomic E-state index is -0.363. The van der Waals surface area contributed by atoms with E-state index >= 15 is 0 Å². The van der Waals surface area contributed by atoms with Crippen molar-refractivity contribution in [1.82, 2.24) is 9.88 Å². The number of hydrogen-bond acceptors (Lipinski definition) is 4. The Morgan fingerprint density at radius 1 is 1.08 bits per heavy atom. The molecule has 2 aromatic rings. The van der Waals surface area contributed by atoms with Gasteiger partial charge in [0.15, 0.2) is 0 Å². The Balaban J connectivity index is 1.76. The average molecular weight is 322 g/mol. The topological polar surface area (TPSA) is 80.2 Å². The molecule has 6 nitrogen and oxygen atoms in total. The molecule has 1 aromatic heterocycles. The summed E-state index contributed by atoms with van der Waals surface area (Å²) in [6, 6.07) is 12.9. The lowest BCUT2D eigenvalue weighted by Crippen LogP contribution is -2.37. The molecule has 1 amide bonds. The maximum atomic E-state index is 12.6. The fraction of sp³-hybridized carbons (Fsp3) is 0.278. The van der Waals surface area contributed by atoms with Crippen LogP contribution < -0.4 is 10.5 Å². The Bertz CT molecular complexity index is 837. The standard InChI is InChI=1S/C18H18N4O2/c19-13-14-5-1-2-7-16(14)21-9-4-10-22(12-11-21)18(24)15-6-3-8-20-17(15)23/h1-3,5-8H,4,9-12H2,(H,20,23). The first kappa shape index (κ1) is 15.8. The van der Waals surface area contributed by atoms with E-state index < -0.39 is 0 Å². The lowest BCUT2D eigenvalue weighted by Gasteiger charge is -2.24. The second-order valence-electron chi connectivity index (χ2n) is 5.67. The van der Waals surface area contributed by atoms with Crippen molar-refractivity contribution >= 4 is 11.6 Å². The highest BCUT2D eigenvalue weighted by atomic mass is 16.2. The minimum absolute atomic E-state index is 0.170. The molecule has 0 aliphatic carbocycles. The molecule has 0 saturated carbocycles. The van der Waals surface area contributed by atoms with Gasteiger partial charge in [-0.3, -0.25) is 9.59 Å². The molecule has 1 N–H and O–H groups in total. The lowest BCUT2D eigenvalue weighted by atomic mass is 10.1. The summed E-state index contributed by atoms with van der Waals surface area (Å²) in [6.45, 7) is 2.52. The van der Waals surface area contributed by atoms with E-state index in [1.54, 1.807) is 23.1 Å². The highest BCUT2D eigenvalue weighted by Crippen LogP contribution is 2.21. The molecule has 1 saturated heterocycles. The molecule has 0 spiro atoms. The highest BCUT2D eigenvalue weighted by Gasteiger charge is 2.22. The van der Waals surface area contributed by atoms with Crippen LogP contribution in [0.15, 0.2) is 47.4 Å². The molecule has 1 aliphatic rings. The second kappa shape index (κ2) is 7.01. The molecule has 24 heavy (non-hydrogen) atoms. The van der Waals surface area contributed by atoms with Crippen LogP contribution in [0.2, 0.25) is 0 Å². The van der Waals surface area contributed by atoms with E-state index in [-0.39, 0.29) is 17.0 Å². The summed E-state index contributed by atoms with van der Waals surface area (Å²) in [6.07, 6.45) is 2.30. The van der Waals surface area contributed by atoms with E-state index in [0.29, 0.717) is 25.2 Å². The van der Waals surface area contributed by atoms with Gasteiger partial charge < -0.3 is 14.8 Å². The van der Waals surface area contributed by atoms with Crippen LogP contribution in [0.25, 0.3) is 0 Å². The fourth-order valence-electron chi connectivity index (χ4n) is 2.97. The first-order valence-corrected chi connectivity index (χ1v) is 7.92. The third-order valence-electron chi connectivity index (χ3n) is 4.20. The van der Waals surface area contributed by atoms with E-state index in [2.05, 4.69) is 16.0 Å². The zero-order valence-corrected chi connectivity index (χ0v) is 13.2. The molecular weight excluding hydrogens is 304 g/mol. The van der Waals surface area contributed by atoms with E-state index in [1.807, 2.05) is 18.2 Å². The molecule has 1 fully saturated rings. The first-order valence-electron chi connectivity index (χ1n) is 7.92. The fourth-order valence-corrected chi connectivity index (χ4v) is 2.97. The maximum Gasteiger partial charge on any atom is 0.260 e. The van der Waals surface area contributed by atoms with Gasteiger partial charge >= 0.3 is 0 Å². The zero-order chi connectivity index (χ0) is 16.9. The van der Waals surface area contributed by atoms with Crippen LogP contribution >= 0.6 is 0 Å². The molecule has 1 aliphatic heterocycles. The van der Waals surface area contributed by atoms with Crippen LogP contribution in [0.4, 0.5) is 5.69 Å². The maximum absolute atomic E-state index is 12.6. The highest BCUT2D eigenvalue weighted by molar-refractivity contribution is 5.93. The van der Waals surface area contributed by atoms with Crippen molar-refractivity contribution in [3.05, 3.63) is 64.1 Å². The van der Waals surface area contributed by atoms with Gasteiger partial charge in [-0.25, -0.2) is 0 Å². The third-order valence-corrected chi connectivity index (χ3v) is 4.20. The smallest absolute Gasteiger partial charge is 0.260 e. The first-order chi connectivity index (χ1) is 11.7. The van der Waals surface area contributed by atoms with Gasteiger partial charge in [0.2, 0.25) is 0 Å². The summed E-state index contributed by atoms with van der Waals surface area (Å²) in [5.41, 5.74) is 1.34. The van der Waals surface area contributed by atoms with E-state index in [4.69, 9.17) is 0 Å². The number of aromatic amines is 1. The van der Waals surface area contributed by atoms with E-state index in [9.17, 15) is 14.9 Å². The average Bonchev–Trinajstić information content (AvgIpc) is 2.87. The van der Waals surface area contributed by atoms with Gasteiger partial charge in [-0.05, 0) is 30.7 Å². The van der Waals surface area contributed by atoms with Gasteiger partial charge in [-0.15, -0.1) is 0 Å². The van der Waals surface area contributed by atoms with Crippen LogP contribution in [0.3, 0.4) is 0 Å². The number of hydrogen-bond donors (Lipinski definition) is 1. The molecule has 122 valence electrons. The molecule has 0 radical (unpaired) electrons. The second-order valence-corrected chi connectivity index (χ2v) is 5.67. The van der Waals surface area contributed by atoms with Crippen molar-refractivity contribution in [2.45, 2.75) is 6.42 Å². The van der Waals surface area contributed by atoms with Crippen molar-refractivity contribution in [3.8, 4) is 6.07 Å². The lowest BCUT2D eigenvalue weighted by molar-refractivity contribution is 0.0765. The molecule has 6 heteroatoms. The Labute approximate surface area is 139 Å². The van der Waals surface area contributed by atoms with Crippen LogP contribution in [-0.4, -0.2) is 42.0 Å². The number of nitrogens with zero attached hydrogens (tertiary/aromatic N) is 3. The van der Waals surface area contributed by atoms with Gasteiger partial charge in [-0.2, -0.15) is 5.26 Å². The molecule has 3 rings (SSSR count). The monoisotopic (exact) mass is 322 g/mol. The summed E-state index contributed by atoms with van der Waals surface area (Å²) in [5.74, 6) is -0.243. The summed E-state index contributed by atoms with van der Waals surface area (Å²) in [4.78, 5) is 30.8. The number of anilines is 1. The Hall–Kier alpha value is -3.07. The predicted octanol–water partition coefficient (Wildman–Crippen LogP) is 1.60. The number of amides is 1. The SMILES string of the molecule is N#Cc1ccccc1N1CCCN(C(=O)c2ccc[nH]c2=O)CC1. The quantitative estimate of drug-likeness (QED) is 0.911. The summed E-state index contributed by atoms with van der Waals surface area (Å²) >= 11 is 0. The van der Waals surface area contributed by atoms with Crippen molar-refractivity contribution in [1.29, 1.82) is 5.26 Å². The number of nitriles is 1. The number of para-hydroxylation sites is 1. The molecule has 0 bridgehead atoms. The molecule has 2 heterocycles. The van der Waals surface area contributed by atoms with Crippen LogP contribution in [-0.2, 0) is 0 Å². The summed E-state index contributed by atoms with van der Waals surface area (Å²) < 4.78 is 0. The Morgan fingerprint density at radius 2 is 1.92 bits per heavy atom. The summed E-state index contributed by atoms with van der Waals surface area (Å²) in [7, 11) is 0. The summed E-state index contributed by atoms with van der Waals surface area (Å²) in [5, 5.41) is 9.26. The molecule has 0 unspecified atom stereocenters. The van der Waals surface area contributed by atoms with Gasteiger partial charge in [0.1, 0.15) is 11.6 Å². The number of nitrogens with one attached hydrogen (secondary N) is 1. The van der Waals surface area contributed by atoms with E-state index in [0.717, 1.165) is 18.7 Å². The Morgan fingerprint density at radius 3 is 2.71 bits per heavy atom. The van der Waals surface area contributed by atoms with Gasteiger partial charge in [0.25, 0.3) is 11.5 Å². The van der Waals surface area contributed by atoms with Crippen molar-refractivity contribution < 1.29 is 4.79 Å². The van der Waals surface area contributed by atoms with Crippen LogP contribution in [0, 0.1) is 11.3 Å². The van der Waals surface area contributed by atoms with E-state index in [1.165, 1.54) is 6.20 Å². The van der Waals surface area contributed by atoms with Gasteiger partial charge in [0, 0.05) is 32.4 Å². The van der Waals surface area contributed by atoms with Gasteiger partial charge in [-0.1, -0.05) is 12.1 Å². The predicted molar refractivity (Wildman–Crippen MR) is 91.0 cm³/mol. The number of rotatable bonds is 2. The molecule has 1 aromatic carbocycles. The largest absolute Gasteiger partial charge is 0.369 e. The number of benzene rings is 1. The zero-order valence-electron chi connectivity index (χ0n) is 13.2. The van der Waals surface area contributed by atoms with Crippen molar-refractivity contribution in [2.24, 2.45) is 0 Å². The minimum Gasteiger partial charge on any atom is -0.369 e. The van der Waals surface area contributed by atoms with Crippen molar-refractivity contribution in [3.63, 3.8) is 0 Å². The number of H-pyrrole nitrogens is 1. The van der Waals surface area contributed by atoms with Crippen LogP contribution in [0.5, 0.6) is 0 Å². The van der Waals surface area contributed by atoms with Gasteiger partial charge in [0.05, 0.1) is 11.3 Å². The molecular formula is C18H18N4O2. The third kappa shape index (κ3) is 3.15. The van der Waals surface area contributed by atoms with Crippen LogP contribution in [0.1, 0.15) is 22.3 Å². The molecule has 0 atom stereocenters. The number of aromatic nitrogens is 1. The number of carbonyl (C=O) groups is 1.